The van der Waals surface area contributed by atoms with Gasteiger partial charge in [0.1, 0.15) is 5.01 Å². The van der Waals surface area contributed by atoms with Crippen LogP contribution in [0.25, 0.3) is 10.2 Å². The minimum atomic E-state index is -0.0495. The molecule has 1 atom stereocenters. The maximum absolute atomic E-state index is 11.9. The number of hydrogen-bond donors (Lipinski definition) is 0. The smallest absolute Gasteiger partial charge is 0.310 e. The number of esters is 1. The number of ether oxygens (including phenoxy) is 1. The highest BCUT2D eigenvalue weighted by Gasteiger charge is 2.27. The van der Waals surface area contributed by atoms with E-state index in [1.165, 1.54) is 4.70 Å². The van der Waals surface area contributed by atoms with Crippen molar-refractivity contribution in [3.05, 3.63) is 29.3 Å². The first kappa shape index (κ1) is 14.5. The van der Waals surface area contributed by atoms with Gasteiger partial charge < -0.3 is 4.74 Å². The molecule has 4 nitrogen and oxygen atoms in total. The van der Waals surface area contributed by atoms with Crippen LogP contribution in [0.4, 0.5) is 0 Å². The van der Waals surface area contributed by atoms with E-state index < -0.39 is 0 Å². The Morgan fingerprint density at radius 3 is 3.14 bits per heavy atom. The van der Waals surface area contributed by atoms with Gasteiger partial charge in [0.15, 0.2) is 0 Å². The van der Waals surface area contributed by atoms with Gasteiger partial charge in [0.2, 0.25) is 0 Å². The summed E-state index contributed by atoms with van der Waals surface area (Å²) in [6.07, 6.45) is 1.99. The molecule has 2 aromatic rings. The SMILES string of the molecule is CCOC(=O)[C@@H]1CCCN(Cc2nc3ccccc3s2)C1. The summed E-state index contributed by atoms with van der Waals surface area (Å²) in [7, 11) is 0. The van der Waals surface area contributed by atoms with Gasteiger partial charge in [-0.05, 0) is 38.4 Å². The first-order chi connectivity index (χ1) is 10.3. The van der Waals surface area contributed by atoms with E-state index in [2.05, 4.69) is 16.0 Å². The Morgan fingerprint density at radius 1 is 1.48 bits per heavy atom. The van der Waals surface area contributed by atoms with Crippen LogP contribution in [0.1, 0.15) is 24.8 Å². The predicted molar refractivity (Wildman–Crippen MR) is 84.3 cm³/mol. The summed E-state index contributed by atoms with van der Waals surface area (Å²) < 4.78 is 6.38. The standard InChI is InChI=1S/C16H20N2O2S/c1-2-20-16(19)12-6-5-9-18(10-12)11-15-17-13-7-3-4-8-14(13)21-15/h3-4,7-8,12H,2,5-6,9-11H2,1H3/t12-/m1/s1. The summed E-state index contributed by atoms with van der Waals surface area (Å²) in [5.41, 5.74) is 1.07. The molecule has 21 heavy (non-hydrogen) atoms. The minimum Gasteiger partial charge on any atom is -0.466 e. The number of likely N-dealkylation sites (tertiary alicyclic amines) is 1. The number of aromatic nitrogens is 1. The molecule has 0 bridgehead atoms. The van der Waals surface area contributed by atoms with Gasteiger partial charge in [0.25, 0.3) is 0 Å². The Morgan fingerprint density at radius 2 is 2.33 bits per heavy atom. The predicted octanol–water partition coefficient (Wildman–Crippen LogP) is 3.07. The third-order valence-corrected chi connectivity index (χ3v) is 4.84. The number of piperidine rings is 1. The summed E-state index contributed by atoms with van der Waals surface area (Å²) in [6.45, 7) is 4.97. The fourth-order valence-corrected chi connectivity index (χ4v) is 3.84. The van der Waals surface area contributed by atoms with Gasteiger partial charge in [-0.3, -0.25) is 9.69 Å². The van der Waals surface area contributed by atoms with Gasteiger partial charge in [-0.15, -0.1) is 11.3 Å². The molecule has 0 radical (unpaired) electrons. The number of rotatable bonds is 4. The van der Waals surface area contributed by atoms with Gasteiger partial charge in [-0.1, -0.05) is 12.1 Å². The number of carbonyl (C=O) groups excluding carboxylic acids is 1. The molecule has 0 N–H and O–H groups in total. The molecule has 112 valence electrons. The normalized spacial score (nSPS) is 19.8. The van der Waals surface area contributed by atoms with E-state index in [0.717, 1.165) is 43.0 Å². The molecule has 0 spiro atoms. The van der Waals surface area contributed by atoms with Gasteiger partial charge in [0, 0.05) is 6.54 Å². The molecule has 0 amide bonds. The zero-order valence-corrected chi connectivity index (χ0v) is 13.1. The quantitative estimate of drug-likeness (QED) is 0.814. The summed E-state index contributed by atoms with van der Waals surface area (Å²) >= 11 is 1.74. The fourth-order valence-electron chi connectivity index (χ4n) is 2.83. The van der Waals surface area contributed by atoms with Crippen LogP contribution in [0.2, 0.25) is 0 Å². The summed E-state index contributed by atoms with van der Waals surface area (Å²) in [6, 6.07) is 8.21. The van der Waals surface area contributed by atoms with Crippen molar-refractivity contribution in [2.45, 2.75) is 26.3 Å². The van der Waals surface area contributed by atoms with E-state index in [4.69, 9.17) is 4.74 Å². The van der Waals surface area contributed by atoms with Crippen LogP contribution < -0.4 is 0 Å². The molecule has 0 aliphatic carbocycles. The van der Waals surface area contributed by atoms with E-state index in [1.54, 1.807) is 11.3 Å². The zero-order valence-electron chi connectivity index (χ0n) is 12.2. The van der Waals surface area contributed by atoms with Crippen molar-refractivity contribution >= 4 is 27.5 Å². The van der Waals surface area contributed by atoms with Crippen LogP contribution in [0.5, 0.6) is 0 Å². The third kappa shape index (κ3) is 3.41. The van der Waals surface area contributed by atoms with E-state index in [1.807, 2.05) is 25.1 Å². The molecular weight excluding hydrogens is 284 g/mol. The fraction of sp³-hybridized carbons (Fsp3) is 0.500. The highest BCUT2D eigenvalue weighted by Crippen LogP contribution is 2.25. The first-order valence-corrected chi connectivity index (χ1v) is 8.31. The molecule has 1 aliphatic rings. The second-order valence-corrected chi connectivity index (χ2v) is 6.52. The molecule has 3 rings (SSSR count). The van der Waals surface area contributed by atoms with Crippen molar-refractivity contribution in [3.63, 3.8) is 0 Å². The molecule has 0 unspecified atom stereocenters. The Labute approximate surface area is 128 Å². The molecule has 1 aliphatic heterocycles. The Hall–Kier alpha value is -1.46. The average molecular weight is 304 g/mol. The van der Waals surface area contributed by atoms with Crippen LogP contribution in [-0.2, 0) is 16.1 Å². The highest BCUT2D eigenvalue weighted by atomic mass is 32.1. The largest absolute Gasteiger partial charge is 0.466 e. The molecule has 5 heteroatoms. The summed E-state index contributed by atoms with van der Waals surface area (Å²) in [4.78, 5) is 18.9. The minimum absolute atomic E-state index is 0.0214. The van der Waals surface area contributed by atoms with Crippen LogP contribution in [0, 0.1) is 5.92 Å². The molecular formula is C16H20N2O2S. The second kappa shape index (κ2) is 6.54. The maximum Gasteiger partial charge on any atom is 0.310 e. The van der Waals surface area contributed by atoms with Gasteiger partial charge in [-0.2, -0.15) is 0 Å². The molecule has 0 saturated carbocycles. The van der Waals surface area contributed by atoms with Gasteiger partial charge >= 0.3 is 5.97 Å². The number of nitrogens with zero attached hydrogens (tertiary/aromatic N) is 2. The lowest BCUT2D eigenvalue weighted by Gasteiger charge is -2.30. The monoisotopic (exact) mass is 304 g/mol. The Balaban J connectivity index is 1.65. The van der Waals surface area contributed by atoms with Gasteiger partial charge in [-0.25, -0.2) is 4.98 Å². The molecule has 1 fully saturated rings. The van der Waals surface area contributed by atoms with Crippen LogP contribution >= 0.6 is 11.3 Å². The number of benzene rings is 1. The van der Waals surface area contributed by atoms with E-state index in [0.29, 0.717) is 6.61 Å². The summed E-state index contributed by atoms with van der Waals surface area (Å²) in [5.74, 6) is -0.0282. The first-order valence-electron chi connectivity index (χ1n) is 7.49. The number of fused-ring (bicyclic) bond motifs is 1. The topological polar surface area (TPSA) is 42.4 Å². The van der Waals surface area contributed by atoms with Gasteiger partial charge in [0.05, 0.1) is 29.3 Å². The third-order valence-electron chi connectivity index (χ3n) is 3.82. The number of carbonyl (C=O) groups is 1. The van der Waals surface area contributed by atoms with Crippen molar-refractivity contribution in [1.29, 1.82) is 0 Å². The van der Waals surface area contributed by atoms with Crippen molar-refractivity contribution in [2.75, 3.05) is 19.7 Å². The van der Waals surface area contributed by atoms with E-state index >= 15 is 0 Å². The molecule has 2 heterocycles. The van der Waals surface area contributed by atoms with E-state index in [9.17, 15) is 4.79 Å². The highest BCUT2D eigenvalue weighted by molar-refractivity contribution is 7.18. The number of para-hydroxylation sites is 1. The summed E-state index contributed by atoms with van der Waals surface area (Å²) in [5, 5.41) is 1.13. The van der Waals surface area contributed by atoms with Crippen molar-refractivity contribution < 1.29 is 9.53 Å². The van der Waals surface area contributed by atoms with Crippen molar-refractivity contribution in [2.24, 2.45) is 5.92 Å². The van der Waals surface area contributed by atoms with Crippen molar-refractivity contribution in [1.82, 2.24) is 9.88 Å². The van der Waals surface area contributed by atoms with Crippen molar-refractivity contribution in [3.8, 4) is 0 Å². The average Bonchev–Trinajstić information content (AvgIpc) is 2.90. The molecule has 1 saturated heterocycles. The second-order valence-electron chi connectivity index (χ2n) is 5.40. The molecule has 1 aromatic heterocycles. The Kier molecular flexibility index (Phi) is 4.51. The lowest BCUT2D eigenvalue weighted by Crippen LogP contribution is -2.38. The number of thiazole rings is 1. The number of hydrogen-bond acceptors (Lipinski definition) is 5. The van der Waals surface area contributed by atoms with Crippen LogP contribution in [0.3, 0.4) is 0 Å². The van der Waals surface area contributed by atoms with E-state index in [-0.39, 0.29) is 11.9 Å². The van der Waals surface area contributed by atoms with Crippen LogP contribution in [-0.4, -0.2) is 35.5 Å². The zero-order chi connectivity index (χ0) is 14.7. The Bertz CT molecular complexity index is 593. The lowest BCUT2D eigenvalue weighted by molar-refractivity contribution is -0.150. The lowest BCUT2D eigenvalue weighted by atomic mass is 9.98. The maximum atomic E-state index is 11.9. The van der Waals surface area contributed by atoms with Crippen LogP contribution in [0.15, 0.2) is 24.3 Å². The molecule has 1 aromatic carbocycles.